The maximum absolute atomic E-state index is 12.9. The molecule has 0 spiro atoms. The zero-order chi connectivity index (χ0) is 17.5. The van der Waals surface area contributed by atoms with Gasteiger partial charge in [-0.25, -0.2) is 9.37 Å². The summed E-state index contributed by atoms with van der Waals surface area (Å²) in [4.78, 5) is 15.8. The fraction of sp³-hybridized carbons (Fsp3) is 0.222. The number of aliphatic hydroxyl groups excluding tert-OH is 1. The van der Waals surface area contributed by atoms with Gasteiger partial charge in [0.15, 0.2) is 0 Å². The van der Waals surface area contributed by atoms with Crippen molar-refractivity contribution in [2.24, 2.45) is 0 Å². The minimum atomic E-state index is -0.774. The fourth-order valence-electron chi connectivity index (χ4n) is 2.20. The van der Waals surface area contributed by atoms with Crippen LogP contribution in [0.3, 0.4) is 0 Å². The van der Waals surface area contributed by atoms with Crippen molar-refractivity contribution in [1.29, 1.82) is 0 Å². The van der Waals surface area contributed by atoms with Crippen molar-refractivity contribution in [3.63, 3.8) is 0 Å². The van der Waals surface area contributed by atoms with Crippen LogP contribution in [0.25, 0.3) is 6.08 Å². The molecule has 4 nitrogen and oxygen atoms in total. The molecule has 2 rings (SSSR count). The minimum Gasteiger partial charge on any atom is -0.388 e. The molecule has 0 radical (unpaired) electrons. The van der Waals surface area contributed by atoms with E-state index >= 15 is 0 Å². The number of carbonyl (C=O) groups excluding carboxylic acids is 1. The standard InChI is InChI=1S/C18H18ClFN2O2/c1-12(10-16(23)14-3-5-15(20)6-4-14)22-18(24)7-2-13-8-9-21-17(19)11-13/h2-9,11-12,16,23H,10H2,1H3,(H,22,24)/b7-2+. The lowest BCUT2D eigenvalue weighted by Crippen LogP contribution is -2.32. The monoisotopic (exact) mass is 348 g/mol. The third-order valence-corrected chi connectivity index (χ3v) is 3.60. The average molecular weight is 349 g/mol. The Bertz CT molecular complexity index is 719. The summed E-state index contributed by atoms with van der Waals surface area (Å²) in [7, 11) is 0. The molecule has 0 bridgehead atoms. The lowest BCUT2D eigenvalue weighted by atomic mass is 10.0. The molecule has 0 fully saturated rings. The number of benzene rings is 1. The number of aliphatic hydroxyl groups is 1. The molecule has 1 aromatic carbocycles. The predicted molar refractivity (Wildman–Crippen MR) is 91.9 cm³/mol. The highest BCUT2D eigenvalue weighted by Gasteiger charge is 2.13. The molecule has 1 aromatic heterocycles. The smallest absolute Gasteiger partial charge is 0.244 e. The van der Waals surface area contributed by atoms with Crippen LogP contribution >= 0.6 is 11.6 Å². The number of rotatable bonds is 6. The lowest BCUT2D eigenvalue weighted by Gasteiger charge is -2.17. The van der Waals surface area contributed by atoms with Gasteiger partial charge in [0.1, 0.15) is 11.0 Å². The van der Waals surface area contributed by atoms with Crippen LogP contribution in [0, 0.1) is 5.82 Å². The van der Waals surface area contributed by atoms with Crippen molar-refractivity contribution in [2.45, 2.75) is 25.5 Å². The van der Waals surface area contributed by atoms with E-state index in [0.717, 1.165) is 5.56 Å². The average Bonchev–Trinajstić information content (AvgIpc) is 2.53. The van der Waals surface area contributed by atoms with Crippen LogP contribution in [0.5, 0.6) is 0 Å². The molecule has 2 N–H and O–H groups in total. The second-order valence-electron chi connectivity index (χ2n) is 5.46. The summed E-state index contributed by atoms with van der Waals surface area (Å²) in [5.74, 6) is -0.629. The quantitative estimate of drug-likeness (QED) is 0.620. The first-order valence-electron chi connectivity index (χ1n) is 7.47. The predicted octanol–water partition coefficient (Wildman–Crippen LogP) is 3.52. The first-order valence-corrected chi connectivity index (χ1v) is 7.85. The Labute approximate surface area is 145 Å². The van der Waals surface area contributed by atoms with Crippen molar-refractivity contribution in [3.05, 3.63) is 70.8 Å². The normalized spacial score (nSPS) is 13.7. The van der Waals surface area contributed by atoms with Crippen LogP contribution in [0.4, 0.5) is 4.39 Å². The second kappa shape index (κ2) is 8.57. The van der Waals surface area contributed by atoms with Gasteiger partial charge in [0.05, 0.1) is 6.10 Å². The zero-order valence-corrected chi connectivity index (χ0v) is 13.9. The fourth-order valence-corrected chi connectivity index (χ4v) is 2.38. The molecule has 1 amide bonds. The molecule has 126 valence electrons. The van der Waals surface area contributed by atoms with E-state index in [4.69, 9.17) is 11.6 Å². The topological polar surface area (TPSA) is 62.2 Å². The molecule has 0 aliphatic rings. The van der Waals surface area contributed by atoms with Gasteiger partial charge in [-0.2, -0.15) is 0 Å². The minimum absolute atomic E-state index is 0.247. The number of nitrogens with zero attached hydrogens (tertiary/aromatic N) is 1. The molecule has 2 atom stereocenters. The maximum Gasteiger partial charge on any atom is 0.244 e. The van der Waals surface area contributed by atoms with Crippen LogP contribution < -0.4 is 5.32 Å². The van der Waals surface area contributed by atoms with Gasteiger partial charge in [0.2, 0.25) is 5.91 Å². The molecule has 2 unspecified atom stereocenters. The summed E-state index contributed by atoms with van der Waals surface area (Å²) in [5, 5.41) is 13.2. The van der Waals surface area contributed by atoms with E-state index in [1.54, 1.807) is 31.3 Å². The van der Waals surface area contributed by atoms with E-state index in [-0.39, 0.29) is 17.8 Å². The Morgan fingerprint density at radius 3 is 2.75 bits per heavy atom. The van der Waals surface area contributed by atoms with Gasteiger partial charge in [-0.3, -0.25) is 4.79 Å². The van der Waals surface area contributed by atoms with Crippen molar-refractivity contribution < 1.29 is 14.3 Å². The summed E-state index contributed by atoms with van der Waals surface area (Å²) < 4.78 is 12.9. The third-order valence-electron chi connectivity index (χ3n) is 3.40. The van der Waals surface area contributed by atoms with Gasteiger partial charge in [-0.15, -0.1) is 0 Å². The van der Waals surface area contributed by atoms with Gasteiger partial charge in [-0.05, 0) is 54.8 Å². The van der Waals surface area contributed by atoms with Crippen LogP contribution in [0.2, 0.25) is 5.15 Å². The molecule has 0 saturated carbocycles. The van der Waals surface area contributed by atoms with Crippen molar-refractivity contribution in [1.82, 2.24) is 10.3 Å². The number of nitrogens with one attached hydrogen (secondary N) is 1. The number of hydrogen-bond donors (Lipinski definition) is 2. The molecular formula is C18H18ClFN2O2. The first-order chi connectivity index (χ1) is 11.4. The molecule has 24 heavy (non-hydrogen) atoms. The summed E-state index contributed by atoms with van der Waals surface area (Å²) >= 11 is 5.77. The first kappa shape index (κ1) is 18.1. The van der Waals surface area contributed by atoms with E-state index in [0.29, 0.717) is 17.1 Å². The molecule has 0 aliphatic heterocycles. The summed E-state index contributed by atoms with van der Waals surface area (Å²) in [5.41, 5.74) is 1.38. The Morgan fingerprint density at radius 2 is 2.08 bits per heavy atom. The van der Waals surface area contributed by atoms with Crippen molar-refractivity contribution in [3.8, 4) is 0 Å². The Balaban J connectivity index is 1.86. The number of carbonyl (C=O) groups is 1. The second-order valence-corrected chi connectivity index (χ2v) is 5.85. The number of hydrogen-bond acceptors (Lipinski definition) is 3. The van der Waals surface area contributed by atoms with Gasteiger partial charge in [0.25, 0.3) is 0 Å². The van der Waals surface area contributed by atoms with Crippen LogP contribution in [-0.2, 0) is 4.79 Å². The summed E-state index contributed by atoms with van der Waals surface area (Å²) in [6.07, 6.45) is 4.13. The largest absolute Gasteiger partial charge is 0.388 e. The highest BCUT2D eigenvalue weighted by molar-refractivity contribution is 6.29. The van der Waals surface area contributed by atoms with E-state index in [9.17, 15) is 14.3 Å². The number of pyridine rings is 1. The van der Waals surface area contributed by atoms with Crippen molar-refractivity contribution >= 4 is 23.6 Å². The molecule has 0 saturated heterocycles. The number of halogens is 2. The van der Waals surface area contributed by atoms with Crippen LogP contribution in [0.1, 0.15) is 30.6 Å². The third kappa shape index (κ3) is 5.76. The molecule has 6 heteroatoms. The summed E-state index contributed by atoms with van der Waals surface area (Å²) in [6.45, 7) is 1.79. The van der Waals surface area contributed by atoms with E-state index in [2.05, 4.69) is 10.3 Å². The molecular weight excluding hydrogens is 331 g/mol. The Morgan fingerprint density at radius 1 is 1.38 bits per heavy atom. The molecule has 1 heterocycles. The van der Waals surface area contributed by atoms with Crippen LogP contribution in [0.15, 0.2) is 48.7 Å². The number of aromatic nitrogens is 1. The van der Waals surface area contributed by atoms with E-state index in [1.807, 2.05) is 0 Å². The lowest BCUT2D eigenvalue weighted by molar-refractivity contribution is -0.117. The SMILES string of the molecule is CC(CC(O)c1ccc(F)cc1)NC(=O)/C=C/c1ccnc(Cl)c1. The van der Waals surface area contributed by atoms with Gasteiger partial charge < -0.3 is 10.4 Å². The maximum atomic E-state index is 12.9. The van der Waals surface area contributed by atoms with E-state index in [1.165, 1.54) is 30.3 Å². The van der Waals surface area contributed by atoms with Gasteiger partial charge in [-0.1, -0.05) is 23.7 Å². The Hall–Kier alpha value is -2.24. The highest BCUT2D eigenvalue weighted by Crippen LogP contribution is 2.18. The van der Waals surface area contributed by atoms with E-state index < -0.39 is 6.10 Å². The van der Waals surface area contributed by atoms with Crippen molar-refractivity contribution in [2.75, 3.05) is 0 Å². The Kier molecular flexibility index (Phi) is 6.46. The van der Waals surface area contributed by atoms with Gasteiger partial charge >= 0.3 is 0 Å². The van der Waals surface area contributed by atoms with Crippen LogP contribution in [-0.4, -0.2) is 22.0 Å². The zero-order valence-electron chi connectivity index (χ0n) is 13.1. The highest BCUT2D eigenvalue weighted by atomic mass is 35.5. The molecule has 0 aliphatic carbocycles. The van der Waals surface area contributed by atoms with Gasteiger partial charge in [0, 0.05) is 18.3 Å². The summed E-state index contributed by atoms with van der Waals surface area (Å²) in [6, 6.07) is 8.78. The molecule has 2 aromatic rings. The number of amides is 1.